The summed E-state index contributed by atoms with van der Waals surface area (Å²) in [5.74, 6) is 0. The molecule has 4 N–H and O–H groups in total. The maximum atomic E-state index is 5.61. The summed E-state index contributed by atoms with van der Waals surface area (Å²) in [6.45, 7) is 4.81. The van der Waals surface area contributed by atoms with Crippen LogP contribution in [-0.2, 0) is 0 Å². The summed E-state index contributed by atoms with van der Waals surface area (Å²) in [6.07, 6.45) is 1.66. The van der Waals surface area contributed by atoms with Gasteiger partial charge in [0.1, 0.15) is 0 Å². The zero-order valence-corrected chi connectivity index (χ0v) is 8.77. The van der Waals surface area contributed by atoms with Gasteiger partial charge in [-0.25, -0.2) is 4.98 Å². The molecule has 0 amide bonds. The summed E-state index contributed by atoms with van der Waals surface area (Å²) >= 11 is 1.66. The van der Waals surface area contributed by atoms with E-state index in [1.54, 1.807) is 18.0 Å². The van der Waals surface area contributed by atoms with E-state index in [-0.39, 0.29) is 4.75 Å². The molecular weight excluding hydrogens is 182 g/mol. The highest BCUT2D eigenvalue weighted by Crippen LogP contribution is 2.29. The molecule has 3 nitrogen and oxygen atoms in total. The molecular formula is C9H15N3S. The van der Waals surface area contributed by atoms with Crippen molar-refractivity contribution in [2.75, 3.05) is 12.3 Å². The SMILES string of the molecule is CC(C)(CN)Sc1ccc(N)cn1. The Morgan fingerprint density at radius 1 is 1.46 bits per heavy atom. The normalized spacial score (nSPS) is 11.6. The third-order valence-corrected chi connectivity index (χ3v) is 2.80. The topological polar surface area (TPSA) is 64.9 Å². The van der Waals surface area contributed by atoms with Crippen molar-refractivity contribution >= 4 is 17.4 Å². The van der Waals surface area contributed by atoms with Crippen LogP contribution in [0.5, 0.6) is 0 Å². The maximum Gasteiger partial charge on any atom is 0.0967 e. The summed E-state index contributed by atoms with van der Waals surface area (Å²) in [4.78, 5) is 4.19. The van der Waals surface area contributed by atoms with Crippen LogP contribution in [0.2, 0.25) is 0 Å². The summed E-state index contributed by atoms with van der Waals surface area (Å²) in [5, 5.41) is 0.963. The number of nitrogen functional groups attached to an aromatic ring is 1. The van der Waals surface area contributed by atoms with Gasteiger partial charge in [0.05, 0.1) is 16.9 Å². The van der Waals surface area contributed by atoms with Crippen LogP contribution in [0.15, 0.2) is 23.4 Å². The van der Waals surface area contributed by atoms with E-state index in [4.69, 9.17) is 11.5 Å². The molecule has 0 aliphatic rings. The van der Waals surface area contributed by atoms with Gasteiger partial charge >= 0.3 is 0 Å². The standard InChI is InChI=1S/C9H15N3S/c1-9(2,6-10)13-8-4-3-7(11)5-12-8/h3-5H,6,10-11H2,1-2H3. The smallest absolute Gasteiger partial charge is 0.0967 e. The zero-order chi connectivity index (χ0) is 9.90. The molecule has 13 heavy (non-hydrogen) atoms. The van der Waals surface area contributed by atoms with Crippen LogP contribution < -0.4 is 11.5 Å². The summed E-state index contributed by atoms with van der Waals surface area (Å²) in [7, 11) is 0. The van der Waals surface area contributed by atoms with Crippen LogP contribution in [0.1, 0.15) is 13.8 Å². The fraction of sp³-hybridized carbons (Fsp3) is 0.444. The monoisotopic (exact) mass is 197 g/mol. The van der Waals surface area contributed by atoms with Crippen molar-refractivity contribution in [2.24, 2.45) is 5.73 Å². The van der Waals surface area contributed by atoms with Crippen LogP contribution in [0.3, 0.4) is 0 Å². The van der Waals surface area contributed by atoms with Crippen molar-refractivity contribution in [2.45, 2.75) is 23.6 Å². The van der Waals surface area contributed by atoms with Crippen LogP contribution in [0, 0.1) is 0 Å². The van der Waals surface area contributed by atoms with E-state index in [1.165, 1.54) is 0 Å². The van der Waals surface area contributed by atoms with E-state index in [0.29, 0.717) is 12.2 Å². The minimum absolute atomic E-state index is 0.0309. The quantitative estimate of drug-likeness (QED) is 0.721. The van der Waals surface area contributed by atoms with Gasteiger partial charge in [-0.15, -0.1) is 0 Å². The molecule has 0 saturated carbocycles. The number of nitrogens with zero attached hydrogens (tertiary/aromatic N) is 1. The Labute approximate surface area is 82.9 Å². The minimum Gasteiger partial charge on any atom is -0.397 e. The van der Waals surface area contributed by atoms with E-state index >= 15 is 0 Å². The van der Waals surface area contributed by atoms with Gasteiger partial charge in [-0.3, -0.25) is 0 Å². The average molecular weight is 197 g/mol. The van der Waals surface area contributed by atoms with Gasteiger partial charge in [-0.1, -0.05) is 11.8 Å². The van der Waals surface area contributed by atoms with E-state index in [2.05, 4.69) is 18.8 Å². The Hall–Kier alpha value is -0.740. The zero-order valence-electron chi connectivity index (χ0n) is 7.95. The lowest BCUT2D eigenvalue weighted by Gasteiger charge is -2.20. The molecule has 0 fully saturated rings. The highest BCUT2D eigenvalue weighted by Gasteiger charge is 2.17. The Balaban J connectivity index is 2.69. The van der Waals surface area contributed by atoms with Gasteiger partial charge in [-0.05, 0) is 26.0 Å². The molecule has 1 rings (SSSR count). The van der Waals surface area contributed by atoms with Crippen molar-refractivity contribution in [3.05, 3.63) is 18.3 Å². The van der Waals surface area contributed by atoms with Gasteiger partial charge in [0.25, 0.3) is 0 Å². The molecule has 0 aliphatic heterocycles. The van der Waals surface area contributed by atoms with Crippen LogP contribution in [-0.4, -0.2) is 16.3 Å². The lowest BCUT2D eigenvalue weighted by atomic mass is 10.2. The summed E-state index contributed by atoms with van der Waals surface area (Å²) in [5.41, 5.74) is 11.8. The fourth-order valence-electron chi connectivity index (χ4n) is 0.777. The number of pyridine rings is 1. The predicted molar refractivity (Wildman–Crippen MR) is 57.6 cm³/mol. The molecule has 72 valence electrons. The third-order valence-electron chi connectivity index (χ3n) is 1.63. The number of nitrogens with two attached hydrogens (primary N) is 2. The third kappa shape index (κ3) is 3.24. The van der Waals surface area contributed by atoms with Gasteiger partial charge < -0.3 is 11.5 Å². The molecule has 1 aromatic rings. The van der Waals surface area contributed by atoms with Gasteiger partial charge in [-0.2, -0.15) is 0 Å². The molecule has 0 unspecified atom stereocenters. The number of rotatable bonds is 3. The van der Waals surface area contributed by atoms with Crippen molar-refractivity contribution in [3.8, 4) is 0 Å². The molecule has 1 aromatic heterocycles. The molecule has 0 bridgehead atoms. The molecule has 0 atom stereocenters. The number of aromatic nitrogens is 1. The summed E-state index contributed by atoms with van der Waals surface area (Å²) < 4.78 is 0.0309. The first-order chi connectivity index (χ1) is 6.03. The van der Waals surface area contributed by atoms with Crippen LogP contribution >= 0.6 is 11.8 Å². The second-order valence-electron chi connectivity index (χ2n) is 3.50. The lowest BCUT2D eigenvalue weighted by molar-refractivity contribution is 0.721. The van der Waals surface area contributed by atoms with Gasteiger partial charge in [0.2, 0.25) is 0 Å². The Morgan fingerprint density at radius 3 is 2.62 bits per heavy atom. The number of anilines is 1. The summed E-state index contributed by atoms with van der Waals surface area (Å²) in [6, 6.07) is 3.76. The van der Waals surface area contributed by atoms with Crippen molar-refractivity contribution in [3.63, 3.8) is 0 Å². The number of thioether (sulfide) groups is 1. The van der Waals surface area contributed by atoms with Crippen molar-refractivity contribution < 1.29 is 0 Å². The highest BCUT2D eigenvalue weighted by atomic mass is 32.2. The maximum absolute atomic E-state index is 5.61. The molecule has 1 heterocycles. The second-order valence-corrected chi connectivity index (χ2v) is 5.22. The van der Waals surface area contributed by atoms with Crippen LogP contribution in [0.25, 0.3) is 0 Å². The lowest BCUT2D eigenvalue weighted by Crippen LogP contribution is -2.26. The molecule has 0 spiro atoms. The largest absolute Gasteiger partial charge is 0.397 e. The van der Waals surface area contributed by atoms with E-state index in [1.807, 2.05) is 12.1 Å². The number of hydrogen-bond donors (Lipinski definition) is 2. The predicted octanol–water partition coefficient (Wildman–Crippen LogP) is 1.49. The molecule has 0 saturated heterocycles. The molecule has 0 aliphatic carbocycles. The first-order valence-electron chi connectivity index (χ1n) is 4.14. The first kappa shape index (κ1) is 10.3. The van der Waals surface area contributed by atoms with Crippen molar-refractivity contribution in [1.82, 2.24) is 4.98 Å². The highest BCUT2D eigenvalue weighted by molar-refractivity contribution is 8.00. The van der Waals surface area contributed by atoms with E-state index < -0.39 is 0 Å². The van der Waals surface area contributed by atoms with Crippen molar-refractivity contribution in [1.29, 1.82) is 0 Å². The van der Waals surface area contributed by atoms with Gasteiger partial charge in [0, 0.05) is 11.3 Å². The molecule has 0 radical (unpaired) electrons. The van der Waals surface area contributed by atoms with E-state index in [0.717, 1.165) is 5.03 Å². The Bertz CT molecular complexity index is 269. The Morgan fingerprint density at radius 2 is 2.15 bits per heavy atom. The molecule has 0 aromatic carbocycles. The number of hydrogen-bond acceptors (Lipinski definition) is 4. The fourth-order valence-corrected chi connectivity index (χ4v) is 1.67. The second kappa shape index (κ2) is 3.98. The minimum atomic E-state index is 0.0309. The van der Waals surface area contributed by atoms with Crippen LogP contribution in [0.4, 0.5) is 5.69 Å². The molecule has 4 heteroatoms. The van der Waals surface area contributed by atoms with Gasteiger partial charge in [0.15, 0.2) is 0 Å². The average Bonchev–Trinajstić information content (AvgIpc) is 2.09. The first-order valence-corrected chi connectivity index (χ1v) is 4.96. The Kier molecular flexibility index (Phi) is 3.17. The van der Waals surface area contributed by atoms with E-state index in [9.17, 15) is 0 Å².